The quantitative estimate of drug-likeness (QED) is 0.523. The van der Waals surface area contributed by atoms with Crippen LogP contribution in [0.2, 0.25) is 0 Å². The van der Waals surface area contributed by atoms with Crippen molar-refractivity contribution in [3.63, 3.8) is 0 Å². The number of carbonyl (C=O) groups excluding carboxylic acids is 1. The summed E-state index contributed by atoms with van der Waals surface area (Å²) in [5.74, 6) is -0.312. The SMILES string of the molecule is CSCC[C@H](NC(=O)N(C)CCCCCO)C(=O)O. The van der Waals surface area contributed by atoms with E-state index in [1.165, 1.54) is 4.90 Å². The molecule has 0 aromatic rings. The Labute approximate surface area is 118 Å². The van der Waals surface area contributed by atoms with Crippen molar-refractivity contribution in [2.24, 2.45) is 0 Å². The fourth-order valence-electron chi connectivity index (χ4n) is 1.49. The van der Waals surface area contributed by atoms with E-state index in [1.54, 1.807) is 18.8 Å². The van der Waals surface area contributed by atoms with Crippen molar-refractivity contribution >= 4 is 23.8 Å². The molecular formula is C12H24N2O4S. The van der Waals surface area contributed by atoms with E-state index in [2.05, 4.69) is 5.32 Å². The summed E-state index contributed by atoms with van der Waals surface area (Å²) < 4.78 is 0. The Morgan fingerprint density at radius 1 is 1.32 bits per heavy atom. The lowest BCUT2D eigenvalue weighted by atomic mass is 10.2. The Kier molecular flexibility index (Phi) is 10.4. The van der Waals surface area contributed by atoms with E-state index in [0.29, 0.717) is 18.7 Å². The Morgan fingerprint density at radius 2 is 2.00 bits per heavy atom. The minimum Gasteiger partial charge on any atom is -0.480 e. The Hall–Kier alpha value is -0.950. The van der Waals surface area contributed by atoms with E-state index in [0.717, 1.165) is 19.3 Å². The van der Waals surface area contributed by atoms with E-state index in [1.807, 2.05) is 6.26 Å². The molecule has 7 heteroatoms. The topological polar surface area (TPSA) is 89.9 Å². The van der Waals surface area contributed by atoms with Gasteiger partial charge in [0.25, 0.3) is 0 Å². The summed E-state index contributed by atoms with van der Waals surface area (Å²) in [6, 6.07) is -1.20. The lowest BCUT2D eigenvalue weighted by molar-refractivity contribution is -0.139. The van der Waals surface area contributed by atoms with E-state index in [9.17, 15) is 9.59 Å². The third kappa shape index (κ3) is 8.72. The van der Waals surface area contributed by atoms with Crippen molar-refractivity contribution in [2.45, 2.75) is 31.7 Å². The number of carboxylic acid groups (broad SMARTS) is 1. The van der Waals surface area contributed by atoms with Gasteiger partial charge in [-0.25, -0.2) is 9.59 Å². The number of hydrogen-bond donors (Lipinski definition) is 3. The van der Waals surface area contributed by atoms with Gasteiger partial charge in [-0.05, 0) is 37.7 Å². The van der Waals surface area contributed by atoms with Crippen molar-refractivity contribution in [3.05, 3.63) is 0 Å². The number of urea groups is 1. The molecule has 0 aromatic heterocycles. The second-order valence-corrected chi connectivity index (χ2v) is 5.31. The molecule has 112 valence electrons. The average Bonchev–Trinajstić information content (AvgIpc) is 2.38. The van der Waals surface area contributed by atoms with Gasteiger partial charge in [-0.15, -0.1) is 0 Å². The summed E-state index contributed by atoms with van der Waals surface area (Å²) in [5, 5.41) is 20.2. The van der Waals surface area contributed by atoms with Crippen molar-refractivity contribution in [2.75, 3.05) is 32.2 Å². The van der Waals surface area contributed by atoms with Crippen LogP contribution < -0.4 is 5.32 Å². The zero-order chi connectivity index (χ0) is 14.7. The van der Waals surface area contributed by atoms with E-state index in [-0.39, 0.29) is 12.6 Å². The Bertz CT molecular complexity index is 276. The summed E-state index contributed by atoms with van der Waals surface area (Å²) in [6.07, 6.45) is 4.69. The van der Waals surface area contributed by atoms with Crippen LogP contribution in [0.4, 0.5) is 4.79 Å². The van der Waals surface area contributed by atoms with Crippen LogP contribution in [0.15, 0.2) is 0 Å². The second-order valence-electron chi connectivity index (χ2n) is 4.33. The average molecular weight is 292 g/mol. The minimum absolute atomic E-state index is 0.158. The molecule has 0 aromatic carbocycles. The number of nitrogens with one attached hydrogen (secondary N) is 1. The normalized spacial score (nSPS) is 11.9. The minimum atomic E-state index is -1.00. The summed E-state index contributed by atoms with van der Waals surface area (Å²) in [7, 11) is 1.64. The number of nitrogens with zero attached hydrogens (tertiary/aromatic N) is 1. The number of aliphatic hydroxyl groups is 1. The van der Waals surface area contributed by atoms with Crippen LogP contribution in [0.25, 0.3) is 0 Å². The number of carboxylic acids is 1. The van der Waals surface area contributed by atoms with Gasteiger partial charge in [0.15, 0.2) is 0 Å². The molecule has 0 fully saturated rings. The van der Waals surface area contributed by atoms with Crippen molar-refractivity contribution < 1.29 is 19.8 Å². The summed E-state index contributed by atoms with van der Waals surface area (Å²) in [5.41, 5.74) is 0. The molecule has 6 nitrogen and oxygen atoms in total. The van der Waals surface area contributed by atoms with Gasteiger partial charge in [0.05, 0.1) is 0 Å². The summed E-state index contributed by atoms with van der Waals surface area (Å²) >= 11 is 1.55. The van der Waals surface area contributed by atoms with E-state index >= 15 is 0 Å². The summed E-state index contributed by atoms with van der Waals surface area (Å²) in [4.78, 5) is 24.3. The van der Waals surface area contributed by atoms with Crippen LogP contribution in [-0.2, 0) is 4.79 Å². The number of aliphatic hydroxyl groups excluding tert-OH is 1. The molecule has 0 spiro atoms. The maximum Gasteiger partial charge on any atom is 0.326 e. The number of carbonyl (C=O) groups is 2. The van der Waals surface area contributed by atoms with Crippen molar-refractivity contribution in [1.29, 1.82) is 0 Å². The van der Waals surface area contributed by atoms with Gasteiger partial charge in [0, 0.05) is 20.2 Å². The van der Waals surface area contributed by atoms with Gasteiger partial charge in [0.1, 0.15) is 6.04 Å². The maximum atomic E-state index is 11.8. The monoisotopic (exact) mass is 292 g/mol. The first-order chi connectivity index (χ1) is 9.02. The molecule has 0 saturated heterocycles. The molecule has 19 heavy (non-hydrogen) atoms. The predicted octanol–water partition coefficient (Wildman–Crippen LogP) is 0.997. The zero-order valence-corrected chi connectivity index (χ0v) is 12.4. The first-order valence-corrected chi connectivity index (χ1v) is 7.76. The van der Waals surface area contributed by atoms with Gasteiger partial charge >= 0.3 is 12.0 Å². The van der Waals surface area contributed by atoms with Crippen LogP contribution in [-0.4, -0.2) is 65.4 Å². The number of aliphatic carboxylic acids is 1. The number of unbranched alkanes of at least 4 members (excludes halogenated alkanes) is 2. The Morgan fingerprint density at radius 3 is 2.53 bits per heavy atom. The molecule has 0 bridgehead atoms. The van der Waals surface area contributed by atoms with E-state index < -0.39 is 12.0 Å². The maximum absolute atomic E-state index is 11.8. The van der Waals surface area contributed by atoms with Gasteiger partial charge < -0.3 is 20.4 Å². The van der Waals surface area contributed by atoms with Crippen LogP contribution in [0.5, 0.6) is 0 Å². The molecule has 0 aliphatic rings. The molecule has 0 radical (unpaired) electrons. The highest BCUT2D eigenvalue weighted by molar-refractivity contribution is 7.98. The fraction of sp³-hybridized carbons (Fsp3) is 0.833. The zero-order valence-electron chi connectivity index (χ0n) is 11.6. The molecule has 0 aliphatic carbocycles. The molecule has 3 N–H and O–H groups in total. The fourth-order valence-corrected chi connectivity index (χ4v) is 1.96. The van der Waals surface area contributed by atoms with E-state index in [4.69, 9.17) is 10.2 Å². The molecule has 0 aliphatic heterocycles. The highest BCUT2D eigenvalue weighted by Crippen LogP contribution is 2.03. The molecule has 0 unspecified atom stereocenters. The van der Waals surface area contributed by atoms with Crippen LogP contribution in [0.1, 0.15) is 25.7 Å². The van der Waals surface area contributed by atoms with Crippen LogP contribution in [0.3, 0.4) is 0 Å². The first-order valence-electron chi connectivity index (χ1n) is 6.37. The highest BCUT2D eigenvalue weighted by Gasteiger charge is 2.20. The van der Waals surface area contributed by atoms with Gasteiger partial charge in [-0.2, -0.15) is 11.8 Å². The van der Waals surface area contributed by atoms with Gasteiger partial charge in [-0.1, -0.05) is 0 Å². The lowest BCUT2D eigenvalue weighted by Crippen LogP contribution is -2.47. The molecule has 0 saturated carbocycles. The molecule has 0 rings (SSSR count). The van der Waals surface area contributed by atoms with Crippen molar-refractivity contribution in [1.82, 2.24) is 10.2 Å². The number of thioether (sulfide) groups is 1. The number of amides is 2. The molecule has 1 atom stereocenters. The standard InChI is InChI=1S/C12H24N2O4S/c1-14(7-4-3-5-8-15)12(18)13-10(11(16)17)6-9-19-2/h10,15H,3-9H2,1-2H3,(H,13,18)(H,16,17)/t10-/m0/s1. The number of rotatable bonds is 10. The van der Waals surface area contributed by atoms with Crippen molar-refractivity contribution in [3.8, 4) is 0 Å². The first kappa shape index (κ1) is 18.0. The predicted molar refractivity (Wildman–Crippen MR) is 76.5 cm³/mol. The van der Waals surface area contributed by atoms with Gasteiger partial charge in [-0.3, -0.25) is 0 Å². The molecule has 0 heterocycles. The second kappa shape index (κ2) is 10.9. The third-order valence-corrected chi connectivity index (χ3v) is 3.35. The number of hydrogen-bond acceptors (Lipinski definition) is 4. The van der Waals surface area contributed by atoms with Crippen LogP contribution >= 0.6 is 11.8 Å². The summed E-state index contributed by atoms with van der Waals surface area (Å²) in [6.45, 7) is 0.715. The Balaban J connectivity index is 4.05. The molecular weight excluding hydrogens is 268 g/mol. The van der Waals surface area contributed by atoms with Crippen LogP contribution in [0, 0.1) is 0 Å². The largest absolute Gasteiger partial charge is 0.480 e. The lowest BCUT2D eigenvalue weighted by Gasteiger charge is -2.21. The molecule has 2 amide bonds. The highest BCUT2D eigenvalue weighted by atomic mass is 32.2. The smallest absolute Gasteiger partial charge is 0.326 e. The third-order valence-electron chi connectivity index (χ3n) is 2.70. The van der Waals surface area contributed by atoms with Gasteiger partial charge in [0.2, 0.25) is 0 Å².